The van der Waals surface area contributed by atoms with Crippen molar-refractivity contribution >= 4 is 34.5 Å². The smallest absolute Gasteiger partial charge is 0.337 e. The molecule has 0 saturated heterocycles. The fraction of sp³-hybridized carbons (Fsp3) is 0.273. The highest BCUT2D eigenvalue weighted by Gasteiger charge is 2.50. The summed E-state index contributed by atoms with van der Waals surface area (Å²) >= 11 is 2.97. The number of hydrogen-bond acceptors (Lipinski definition) is 4. The number of carboxylic acids is 1. The molecule has 1 saturated carbocycles. The second kappa shape index (κ2) is 4.81. The first-order valence-electron chi connectivity index (χ1n) is 5.25. The molecule has 1 atom stereocenters. The summed E-state index contributed by atoms with van der Waals surface area (Å²) in [4.78, 5) is 11.2. The Labute approximate surface area is 116 Å². The van der Waals surface area contributed by atoms with E-state index in [0.717, 1.165) is 10.4 Å². The topological polar surface area (TPSA) is 104 Å². The van der Waals surface area contributed by atoms with Crippen LogP contribution in [-0.4, -0.2) is 25.4 Å². The average Bonchev–Trinajstić information content (AvgIpc) is 3.11. The number of anilines is 1. The van der Waals surface area contributed by atoms with Gasteiger partial charge in [-0.2, -0.15) is 5.26 Å². The lowest BCUT2D eigenvalue weighted by atomic mass is 10.1. The number of carbonyl (C=O) groups is 1. The van der Waals surface area contributed by atoms with Gasteiger partial charge in [-0.25, -0.2) is 4.79 Å². The SMILES string of the molecule is N#CC1(N(c2ccc(Cl)cc2C(=O)O)S(=O)[O-])CC1. The number of aromatic carboxylic acids is 1. The van der Waals surface area contributed by atoms with Crippen molar-refractivity contribution in [3.63, 3.8) is 0 Å². The van der Waals surface area contributed by atoms with E-state index in [-0.39, 0.29) is 16.3 Å². The Morgan fingerprint density at radius 1 is 1.58 bits per heavy atom. The first-order chi connectivity index (χ1) is 8.91. The van der Waals surface area contributed by atoms with Crippen molar-refractivity contribution in [2.45, 2.75) is 18.4 Å². The van der Waals surface area contributed by atoms with Gasteiger partial charge in [-0.05, 0) is 31.0 Å². The highest BCUT2D eigenvalue weighted by Crippen LogP contribution is 2.45. The van der Waals surface area contributed by atoms with Gasteiger partial charge in [0.1, 0.15) is 5.54 Å². The molecule has 2 rings (SSSR count). The van der Waals surface area contributed by atoms with Crippen LogP contribution in [0.4, 0.5) is 5.69 Å². The van der Waals surface area contributed by atoms with Crippen molar-refractivity contribution in [2.24, 2.45) is 0 Å². The zero-order chi connectivity index (χ0) is 14.2. The lowest BCUT2D eigenvalue weighted by Crippen LogP contribution is -2.38. The molecule has 1 N–H and O–H groups in total. The largest absolute Gasteiger partial charge is 0.755 e. The van der Waals surface area contributed by atoms with Crippen LogP contribution in [0.5, 0.6) is 0 Å². The van der Waals surface area contributed by atoms with E-state index in [2.05, 4.69) is 0 Å². The Balaban J connectivity index is 2.59. The second-order valence-electron chi connectivity index (χ2n) is 4.12. The minimum atomic E-state index is -2.74. The van der Waals surface area contributed by atoms with Crippen LogP contribution in [0.25, 0.3) is 0 Å². The van der Waals surface area contributed by atoms with Crippen LogP contribution in [0.15, 0.2) is 18.2 Å². The Morgan fingerprint density at radius 2 is 2.21 bits per heavy atom. The van der Waals surface area contributed by atoms with E-state index >= 15 is 0 Å². The summed E-state index contributed by atoms with van der Waals surface area (Å²) in [5, 5.41) is 18.4. The van der Waals surface area contributed by atoms with Crippen molar-refractivity contribution in [3.05, 3.63) is 28.8 Å². The Hall–Kier alpha value is -1.62. The van der Waals surface area contributed by atoms with Gasteiger partial charge in [0.15, 0.2) is 0 Å². The molecular formula is C11H8ClN2O4S-. The number of nitriles is 1. The lowest BCUT2D eigenvalue weighted by Gasteiger charge is -2.31. The van der Waals surface area contributed by atoms with Gasteiger partial charge in [-0.1, -0.05) is 11.6 Å². The fourth-order valence-electron chi connectivity index (χ4n) is 1.79. The van der Waals surface area contributed by atoms with Crippen molar-refractivity contribution in [3.8, 4) is 6.07 Å². The number of rotatable bonds is 4. The van der Waals surface area contributed by atoms with E-state index < -0.39 is 22.8 Å². The predicted molar refractivity (Wildman–Crippen MR) is 67.4 cm³/mol. The third kappa shape index (κ3) is 2.42. The number of hydrogen-bond donors (Lipinski definition) is 1. The number of nitrogens with zero attached hydrogens (tertiary/aromatic N) is 2. The first kappa shape index (κ1) is 13.8. The molecular weight excluding hydrogens is 292 g/mol. The highest BCUT2D eigenvalue weighted by molar-refractivity contribution is 7.80. The Morgan fingerprint density at radius 3 is 2.63 bits per heavy atom. The highest BCUT2D eigenvalue weighted by atomic mass is 35.5. The van der Waals surface area contributed by atoms with Crippen LogP contribution < -0.4 is 4.31 Å². The molecule has 1 aliphatic rings. The van der Waals surface area contributed by atoms with Gasteiger partial charge in [0.2, 0.25) is 0 Å². The fourth-order valence-corrected chi connectivity index (χ4v) is 2.79. The third-order valence-corrected chi connectivity index (χ3v) is 3.96. The molecule has 0 radical (unpaired) electrons. The van der Waals surface area contributed by atoms with Crippen molar-refractivity contribution in [2.75, 3.05) is 4.31 Å². The molecule has 1 aliphatic carbocycles. The maximum atomic E-state index is 11.4. The normalized spacial score (nSPS) is 17.3. The van der Waals surface area contributed by atoms with Crippen molar-refractivity contribution in [1.82, 2.24) is 0 Å². The van der Waals surface area contributed by atoms with Crippen LogP contribution in [0.1, 0.15) is 23.2 Å². The van der Waals surface area contributed by atoms with E-state index in [1.807, 2.05) is 6.07 Å². The van der Waals surface area contributed by atoms with Crippen LogP contribution in [0.2, 0.25) is 5.02 Å². The summed E-state index contributed by atoms with van der Waals surface area (Å²) in [5.41, 5.74) is -1.48. The quantitative estimate of drug-likeness (QED) is 0.852. The molecule has 1 fully saturated rings. The Bertz CT molecular complexity index is 609. The summed E-state index contributed by atoms with van der Waals surface area (Å²) in [6.45, 7) is 0. The molecule has 1 aromatic carbocycles. The van der Waals surface area contributed by atoms with Crippen LogP contribution in [0, 0.1) is 11.3 Å². The molecule has 0 heterocycles. The van der Waals surface area contributed by atoms with Gasteiger partial charge in [-0.3, -0.25) is 8.51 Å². The Kier molecular flexibility index (Phi) is 3.49. The molecule has 0 aliphatic heterocycles. The molecule has 0 amide bonds. The standard InChI is InChI=1S/C11H9ClN2O4S/c12-7-1-2-9(8(5-7)10(15)16)14(19(17)18)11(6-13)3-4-11/h1-2,5H,3-4H2,(H,15,16)(H,17,18)/p-1. The second-order valence-corrected chi connectivity index (χ2v) is 5.36. The molecule has 0 aromatic heterocycles. The van der Waals surface area contributed by atoms with Crippen LogP contribution in [0.3, 0.4) is 0 Å². The van der Waals surface area contributed by atoms with E-state index in [0.29, 0.717) is 12.8 Å². The molecule has 0 spiro atoms. The molecule has 6 nitrogen and oxygen atoms in total. The minimum absolute atomic E-state index is 0.0516. The summed E-state index contributed by atoms with van der Waals surface area (Å²) in [6.07, 6.45) is 0.748. The number of halogens is 1. The van der Waals surface area contributed by atoms with Crippen molar-refractivity contribution < 1.29 is 18.7 Å². The zero-order valence-electron chi connectivity index (χ0n) is 9.50. The van der Waals surface area contributed by atoms with E-state index in [9.17, 15) is 13.6 Å². The van der Waals surface area contributed by atoms with E-state index in [1.165, 1.54) is 12.1 Å². The van der Waals surface area contributed by atoms with E-state index in [4.69, 9.17) is 22.0 Å². The molecule has 1 aromatic rings. The zero-order valence-corrected chi connectivity index (χ0v) is 11.1. The van der Waals surface area contributed by atoms with Gasteiger partial charge < -0.3 is 9.66 Å². The van der Waals surface area contributed by atoms with Crippen LogP contribution in [-0.2, 0) is 11.3 Å². The monoisotopic (exact) mass is 299 g/mol. The molecule has 100 valence electrons. The van der Waals surface area contributed by atoms with Gasteiger partial charge in [-0.15, -0.1) is 0 Å². The molecule has 1 unspecified atom stereocenters. The first-order valence-corrected chi connectivity index (χ1v) is 6.66. The van der Waals surface area contributed by atoms with Gasteiger partial charge in [0.25, 0.3) is 0 Å². The average molecular weight is 300 g/mol. The van der Waals surface area contributed by atoms with Gasteiger partial charge in [0.05, 0.1) is 17.3 Å². The molecule has 8 heteroatoms. The molecule has 0 bridgehead atoms. The third-order valence-electron chi connectivity index (χ3n) is 2.88. The van der Waals surface area contributed by atoms with Gasteiger partial charge in [0, 0.05) is 16.3 Å². The maximum absolute atomic E-state index is 11.4. The summed E-state index contributed by atoms with van der Waals surface area (Å²) in [5.74, 6) is -1.30. The summed E-state index contributed by atoms with van der Waals surface area (Å²) in [6, 6.07) is 5.76. The van der Waals surface area contributed by atoms with Crippen molar-refractivity contribution in [1.29, 1.82) is 5.26 Å². The van der Waals surface area contributed by atoms with Crippen LogP contribution >= 0.6 is 11.6 Å². The predicted octanol–water partition coefficient (Wildman–Crippen LogP) is 1.69. The minimum Gasteiger partial charge on any atom is -0.755 e. The maximum Gasteiger partial charge on any atom is 0.337 e. The summed E-state index contributed by atoms with van der Waals surface area (Å²) < 4.78 is 23.5. The molecule has 19 heavy (non-hydrogen) atoms. The number of carboxylic acid groups (broad SMARTS) is 1. The van der Waals surface area contributed by atoms with Gasteiger partial charge >= 0.3 is 5.97 Å². The number of benzene rings is 1. The lowest BCUT2D eigenvalue weighted by molar-refractivity contribution is 0.0697. The van der Waals surface area contributed by atoms with E-state index in [1.54, 1.807) is 0 Å². The summed E-state index contributed by atoms with van der Waals surface area (Å²) in [7, 11) is 0.